The van der Waals surface area contributed by atoms with Gasteiger partial charge in [0, 0.05) is 31.6 Å². The minimum atomic E-state index is -0.0844. The molecule has 1 aromatic carbocycles. The monoisotopic (exact) mass is 338 g/mol. The van der Waals surface area contributed by atoms with Crippen LogP contribution >= 0.6 is 12.4 Å². The number of fused-ring (bicyclic) bond motifs is 1. The lowest BCUT2D eigenvalue weighted by atomic mass is 9.99. The summed E-state index contributed by atoms with van der Waals surface area (Å²) in [6, 6.07) is 7.72. The molecule has 6 heteroatoms. The summed E-state index contributed by atoms with van der Waals surface area (Å²) in [5.41, 5.74) is 7.73. The molecular formula is C17H23ClN2O3. The maximum Gasteiger partial charge on any atom is 0.289 e. The number of rotatable bonds is 3. The molecule has 1 fully saturated rings. The van der Waals surface area contributed by atoms with Crippen LogP contribution in [0.4, 0.5) is 0 Å². The van der Waals surface area contributed by atoms with Crippen molar-refractivity contribution >= 4 is 29.3 Å². The molecule has 0 aliphatic carbocycles. The molecule has 2 N–H and O–H groups in total. The van der Waals surface area contributed by atoms with Gasteiger partial charge in [0.05, 0.1) is 6.10 Å². The van der Waals surface area contributed by atoms with Crippen molar-refractivity contribution in [3.63, 3.8) is 0 Å². The Labute approximate surface area is 142 Å². The normalized spacial score (nSPS) is 21.3. The molecule has 2 unspecified atom stereocenters. The molecule has 3 rings (SSSR count). The topological polar surface area (TPSA) is 68.7 Å². The molecule has 1 aromatic heterocycles. The molecule has 2 aromatic rings. The number of benzene rings is 1. The zero-order chi connectivity index (χ0) is 15.7. The van der Waals surface area contributed by atoms with Crippen molar-refractivity contribution in [2.45, 2.75) is 31.9 Å². The largest absolute Gasteiger partial charge is 0.451 e. The van der Waals surface area contributed by atoms with Crippen molar-refractivity contribution in [1.82, 2.24) is 4.90 Å². The van der Waals surface area contributed by atoms with Crippen molar-refractivity contribution in [2.75, 3.05) is 20.2 Å². The molecule has 5 nitrogen and oxygen atoms in total. The lowest BCUT2D eigenvalue weighted by molar-refractivity contribution is 0.0125. The lowest BCUT2D eigenvalue weighted by Gasteiger charge is -2.37. The van der Waals surface area contributed by atoms with Crippen LogP contribution in [0.15, 0.2) is 28.7 Å². The third-order valence-corrected chi connectivity index (χ3v) is 4.42. The Kier molecular flexibility index (Phi) is 5.68. The molecule has 2 atom stereocenters. The molecule has 1 aliphatic heterocycles. The predicted octanol–water partition coefficient (Wildman–Crippen LogP) is 2.74. The van der Waals surface area contributed by atoms with Crippen LogP contribution in [0.2, 0.25) is 0 Å². The van der Waals surface area contributed by atoms with E-state index in [0.717, 1.165) is 29.4 Å². The molecule has 1 amide bonds. The molecule has 23 heavy (non-hydrogen) atoms. The third-order valence-electron chi connectivity index (χ3n) is 4.42. The molecular weight excluding hydrogens is 316 g/mol. The van der Waals surface area contributed by atoms with Crippen LogP contribution in [0, 0.1) is 6.92 Å². The number of halogens is 1. The number of piperidine rings is 1. The Morgan fingerprint density at radius 3 is 2.91 bits per heavy atom. The number of likely N-dealkylation sites (tertiary alicyclic amines) is 1. The van der Waals surface area contributed by atoms with E-state index in [1.165, 1.54) is 0 Å². The van der Waals surface area contributed by atoms with Crippen LogP contribution in [0.3, 0.4) is 0 Å². The van der Waals surface area contributed by atoms with Gasteiger partial charge in [-0.05, 0) is 38.0 Å². The predicted molar refractivity (Wildman–Crippen MR) is 92.1 cm³/mol. The fraction of sp³-hybridized carbons (Fsp3) is 0.471. The van der Waals surface area contributed by atoms with Crippen LogP contribution in [-0.2, 0) is 4.74 Å². The zero-order valence-electron chi connectivity index (χ0n) is 13.5. The van der Waals surface area contributed by atoms with Gasteiger partial charge in [-0.15, -0.1) is 12.4 Å². The third kappa shape index (κ3) is 3.52. The van der Waals surface area contributed by atoms with Gasteiger partial charge >= 0.3 is 0 Å². The van der Waals surface area contributed by atoms with E-state index in [4.69, 9.17) is 14.9 Å². The number of hydrogen-bond donors (Lipinski definition) is 1. The van der Waals surface area contributed by atoms with Gasteiger partial charge in [0.15, 0.2) is 5.76 Å². The lowest BCUT2D eigenvalue weighted by Crippen LogP contribution is -2.51. The quantitative estimate of drug-likeness (QED) is 0.934. The highest BCUT2D eigenvalue weighted by Gasteiger charge is 2.32. The van der Waals surface area contributed by atoms with E-state index in [9.17, 15) is 4.79 Å². The number of methoxy groups -OCH3 is 1. The van der Waals surface area contributed by atoms with E-state index in [2.05, 4.69) is 0 Å². The van der Waals surface area contributed by atoms with Gasteiger partial charge in [-0.25, -0.2) is 0 Å². The Hall–Kier alpha value is -1.56. The average molecular weight is 339 g/mol. The number of furan rings is 1. The summed E-state index contributed by atoms with van der Waals surface area (Å²) >= 11 is 0. The Balaban J connectivity index is 0.00000192. The highest BCUT2D eigenvalue weighted by Crippen LogP contribution is 2.25. The molecule has 126 valence electrons. The summed E-state index contributed by atoms with van der Waals surface area (Å²) in [5.74, 6) is 0.300. The number of nitrogens with zero attached hydrogens (tertiary/aromatic N) is 1. The molecule has 0 saturated carbocycles. The summed E-state index contributed by atoms with van der Waals surface area (Å²) in [6.45, 7) is 3.11. The van der Waals surface area contributed by atoms with E-state index in [1.807, 2.05) is 36.1 Å². The first kappa shape index (κ1) is 17.8. The van der Waals surface area contributed by atoms with Gasteiger partial charge in [-0.1, -0.05) is 11.6 Å². The summed E-state index contributed by atoms with van der Waals surface area (Å²) in [4.78, 5) is 14.6. The molecule has 0 spiro atoms. The van der Waals surface area contributed by atoms with Gasteiger partial charge in [0.25, 0.3) is 5.91 Å². The van der Waals surface area contributed by atoms with E-state index in [0.29, 0.717) is 18.8 Å². The Bertz CT molecular complexity index is 686. The van der Waals surface area contributed by atoms with Crippen LogP contribution in [0.5, 0.6) is 0 Å². The van der Waals surface area contributed by atoms with Gasteiger partial charge < -0.3 is 19.8 Å². The van der Waals surface area contributed by atoms with Gasteiger partial charge in [0.1, 0.15) is 5.58 Å². The molecule has 1 aliphatic rings. The first-order chi connectivity index (χ1) is 10.6. The minimum Gasteiger partial charge on any atom is -0.451 e. The maximum atomic E-state index is 12.8. The number of nitrogens with two attached hydrogens (primary N) is 1. The fourth-order valence-electron chi connectivity index (χ4n) is 3.13. The van der Waals surface area contributed by atoms with E-state index in [1.54, 1.807) is 7.11 Å². The summed E-state index contributed by atoms with van der Waals surface area (Å²) in [5, 5.41) is 0.958. The van der Waals surface area contributed by atoms with Crippen molar-refractivity contribution in [3.05, 3.63) is 35.6 Å². The SMILES string of the molecule is COC1CCN(C(=O)c2cc3cc(C)ccc3o2)C(CN)C1.Cl. The minimum absolute atomic E-state index is 0. The number of amides is 1. The van der Waals surface area contributed by atoms with Crippen molar-refractivity contribution < 1.29 is 13.9 Å². The summed E-state index contributed by atoms with van der Waals surface area (Å²) in [7, 11) is 1.71. The summed E-state index contributed by atoms with van der Waals surface area (Å²) in [6.07, 6.45) is 1.78. The average Bonchev–Trinajstić information content (AvgIpc) is 2.96. The zero-order valence-corrected chi connectivity index (χ0v) is 14.3. The standard InChI is InChI=1S/C17H22N2O3.ClH/c1-11-3-4-15-12(7-11)8-16(22-15)17(20)19-6-5-14(21-2)9-13(19)10-18;/h3-4,7-8,13-14H,5-6,9-10,18H2,1-2H3;1H. The molecule has 2 heterocycles. The number of aryl methyl sites for hydroxylation is 1. The van der Waals surface area contributed by atoms with Crippen molar-refractivity contribution in [3.8, 4) is 0 Å². The second kappa shape index (κ2) is 7.34. The number of ether oxygens (including phenoxy) is 1. The second-order valence-corrected chi connectivity index (χ2v) is 5.92. The summed E-state index contributed by atoms with van der Waals surface area (Å²) < 4.78 is 11.1. The van der Waals surface area contributed by atoms with E-state index in [-0.39, 0.29) is 30.5 Å². The van der Waals surface area contributed by atoms with E-state index < -0.39 is 0 Å². The highest BCUT2D eigenvalue weighted by molar-refractivity contribution is 5.96. The Morgan fingerprint density at radius 2 is 2.22 bits per heavy atom. The first-order valence-corrected chi connectivity index (χ1v) is 7.66. The number of carbonyl (C=O) groups is 1. The molecule has 0 bridgehead atoms. The van der Waals surface area contributed by atoms with Gasteiger partial charge in [-0.3, -0.25) is 4.79 Å². The maximum absolute atomic E-state index is 12.8. The van der Waals surface area contributed by atoms with Crippen LogP contribution < -0.4 is 5.73 Å². The van der Waals surface area contributed by atoms with Crippen molar-refractivity contribution in [1.29, 1.82) is 0 Å². The van der Waals surface area contributed by atoms with E-state index >= 15 is 0 Å². The number of hydrogen-bond acceptors (Lipinski definition) is 4. The van der Waals surface area contributed by atoms with Gasteiger partial charge in [-0.2, -0.15) is 0 Å². The van der Waals surface area contributed by atoms with Crippen LogP contribution in [0.25, 0.3) is 11.0 Å². The first-order valence-electron chi connectivity index (χ1n) is 7.66. The Morgan fingerprint density at radius 1 is 1.43 bits per heavy atom. The smallest absolute Gasteiger partial charge is 0.289 e. The molecule has 1 saturated heterocycles. The van der Waals surface area contributed by atoms with Gasteiger partial charge in [0.2, 0.25) is 0 Å². The molecule has 0 radical (unpaired) electrons. The highest BCUT2D eigenvalue weighted by atomic mass is 35.5. The van der Waals surface area contributed by atoms with Crippen molar-refractivity contribution in [2.24, 2.45) is 5.73 Å². The number of carbonyl (C=O) groups excluding carboxylic acids is 1. The van der Waals surface area contributed by atoms with Crippen LogP contribution in [-0.4, -0.2) is 43.2 Å². The fourth-order valence-corrected chi connectivity index (χ4v) is 3.13. The van der Waals surface area contributed by atoms with Crippen LogP contribution in [0.1, 0.15) is 29.0 Å². The second-order valence-electron chi connectivity index (χ2n) is 5.92.